The third-order valence-electron chi connectivity index (χ3n) is 3.31. The molecule has 0 spiro atoms. The average Bonchev–Trinajstić information content (AvgIpc) is 2.60. The molecular formula is C14H19NO3. The van der Waals surface area contributed by atoms with E-state index >= 15 is 0 Å². The SMILES string of the molecule is CC(=O)Nc1ccccc1OC1CCCC1(C)O. The standard InChI is InChI=1S/C14H19NO3/c1-10(16)15-11-6-3-4-7-12(11)18-13-8-5-9-14(13,2)17/h3-4,6-7,13,17H,5,8-9H2,1-2H3,(H,15,16). The first-order valence-corrected chi connectivity index (χ1v) is 6.25. The van der Waals surface area contributed by atoms with Gasteiger partial charge in [0.25, 0.3) is 0 Å². The van der Waals surface area contributed by atoms with E-state index in [0.29, 0.717) is 11.4 Å². The predicted molar refractivity (Wildman–Crippen MR) is 69.6 cm³/mol. The number of rotatable bonds is 3. The lowest BCUT2D eigenvalue weighted by Crippen LogP contribution is -2.38. The molecule has 4 nitrogen and oxygen atoms in total. The molecule has 2 N–H and O–H groups in total. The van der Waals surface area contributed by atoms with Crippen molar-refractivity contribution in [1.82, 2.24) is 0 Å². The summed E-state index contributed by atoms with van der Waals surface area (Å²) in [5.74, 6) is 0.476. The van der Waals surface area contributed by atoms with Gasteiger partial charge in [-0.25, -0.2) is 0 Å². The minimum atomic E-state index is -0.788. The van der Waals surface area contributed by atoms with Crippen molar-refractivity contribution in [1.29, 1.82) is 0 Å². The van der Waals surface area contributed by atoms with Crippen LogP contribution in [0.1, 0.15) is 33.1 Å². The molecule has 98 valence electrons. The molecule has 1 amide bonds. The Kier molecular flexibility index (Phi) is 3.57. The molecule has 2 rings (SSSR count). The smallest absolute Gasteiger partial charge is 0.221 e. The molecule has 4 heteroatoms. The number of anilines is 1. The third kappa shape index (κ3) is 2.82. The van der Waals surface area contributed by atoms with Crippen LogP contribution in [0.2, 0.25) is 0 Å². The zero-order valence-electron chi connectivity index (χ0n) is 10.8. The van der Waals surface area contributed by atoms with E-state index in [0.717, 1.165) is 19.3 Å². The van der Waals surface area contributed by atoms with Crippen molar-refractivity contribution >= 4 is 11.6 Å². The zero-order valence-corrected chi connectivity index (χ0v) is 10.8. The van der Waals surface area contributed by atoms with E-state index in [1.807, 2.05) is 12.1 Å². The number of hydrogen-bond acceptors (Lipinski definition) is 3. The van der Waals surface area contributed by atoms with E-state index in [9.17, 15) is 9.90 Å². The van der Waals surface area contributed by atoms with E-state index < -0.39 is 5.60 Å². The van der Waals surface area contributed by atoms with Crippen molar-refractivity contribution in [3.05, 3.63) is 24.3 Å². The predicted octanol–water partition coefficient (Wildman–Crippen LogP) is 2.33. The van der Waals surface area contributed by atoms with Crippen LogP contribution in [0.4, 0.5) is 5.69 Å². The summed E-state index contributed by atoms with van der Waals surface area (Å²) in [4.78, 5) is 11.1. The molecule has 1 aromatic rings. The van der Waals surface area contributed by atoms with Gasteiger partial charge in [-0.1, -0.05) is 12.1 Å². The Hall–Kier alpha value is -1.55. The first-order valence-electron chi connectivity index (χ1n) is 6.25. The van der Waals surface area contributed by atoms with Gasteiger partial charge in [0.2, 0.25) is 5.91 Å². The van der Waals surface area contributed by atoms with Crippen molar-refractivity contribution in [2.45, 2.75) is 44.8 Å². The van der Waals surface area contributed by atoms with Gasteiger partial charge in [-0.3, -0.25) is 4.79 Å². The van der Waals surface area contributed by atoms with Crippen molar-refractivity contribution in [2.24, 2.45) is 0 Å². The molecule has 1 aromatic carbocycles. The van der Waals surface area contributed by atoms with Crippen LogP contribution >= 0.6 is 0 Å². The molecule has 0 aromatic heterocycles. The number of para-hydroxylation sites is 2. The lowest BCUT2D eigenvalue weighted by molar-refractivity contribution is -0.114. The Morgan fingerprint density at radius 1 is 1.50 bits per heavy atom. The van der Waals surface area contributed by atoms with E-state index in [-0.39, 0.29) is 12.0 Å². The summed E-state index contributed by atoms with van der Waals surface area (Å²) in [6, 6.07) is 7.29. The topological polar surface area (TPSA) is 58.6 Å². The highest BCUT2D eigenvalue weighted by atomic mass is 16.5. The lowest BCUT2D eigenvalue weighted by Gasteiger charge is -2.27. The Bertz CT molecular complexity index is 442. The summed E-state index contributed by atoms with van der Waals surface area (Å²) in [7, 11) is 0. The van der Waals surface area contributed by atoms with Crippen molar-refractivity contribution in [3.63, 3.8) is 0 Å². The Balaban J connectivity index is 2.16. The number of ether oxygens (including phenoxy) is 1. The van der Waals surface area contributed by atoms with Crippen LogP contribution < -0.4 is 10.1 Å². The van der Waals surface area contributed by atoms with E-state index in [1.165, 1.54) is 6.92 Å². The van der Waals surface area contributed by atoms with Gasteiger partial charge in [-0.05, 0) is 38.3 Å². The fourth-order valence-corrected chi connectivity index (χ4v) is 2.32. The summed E-state index contributed by atoms with van der Waals surface area (Å²) in [5.41, 5.74) is -0.142. The molecule has 2 unspecified atom stereocenters. The van der Waals surface area contributed by atoms with Crippen LogP contribution in [0.5, 0.6) is 5.75 Å². The second kappa shape index (κ2) is 4.98. The van der Waals surface area contributed by atoms with Gasteiger partial charge in [0.1, 0.15) is 11.9 Å². The van der Waals surface area contributed by atoms with Gasteiger partial charge >= 0.3 is 0 Å². The van der Waals surface area contributed by atoms with Crippen LogP contribution in [0.25, 0.3) is 0 Å². The van der Waals surface area contributed by atoms with Gasteiger partial charge < -0.3 is 15.2 Å². The first-order chi connectivity index (χ1) is 8.49. The van der Waals surface area contributed by atoms with E-state index in [1.54, 1.807) is 19.1 Å². The fourth-order valence-electron chi connectivity index (χ4n) is 2.32. The largest absolute Gasteiger partial charge is 0.485 e. The van der Waals surface area contributed by atoms with Crippen LogP contribution in [0.15, 0.2) is 24.3 Å². The molecule has 0 radical (unpaired) electrons. The fraction of sp³-hybridized carbons (Fsp3) is 0.500. The quantitative estimate of drug-likeness (QED) is 0.864. The highest BCUT2D eigenvalue weighted by Crippen LogP contribution is 2.35. The maximum atomic E-state index is 11.1. The van der Waals surface area contributed by atoms with Crippen molar-refractivity contribution in [3.8, 4) is 5.75 Å². The van der Waals surface area contributed by atoms with Crippen molar-refractivity contribution < 1.29 is 14.6 Å². The maximum Gasteiger partial charge on any atom is 0.221 e. The summed E-state index contributed by atoms with van der Waals surface area (Å²) in [6.07, 6.45) is 2.33. The van der Waals surface area contributed by atoms with Gasteiger partial charge in [-0.2, -0.15) is 0 Å². The third-order valence-corrected chi connectivity index (χ3v) is 3.31. The van der Waals surface area contributed by atoms with Gasteiger partial charge in [0, 0.05) is 6.92 Å². The summed E-state index contributed by atoms with van der Waals surface area (Å²) >= 11 is 0. The van der Waals surface area contributed by atoms with E-state index in [2.05, 4.69) is 5.32 Å². The number of benzene rings is 1. The first kappa shape index (κ1) is 12.9. The molecule has 1 fully saturated rings. The second-order valence-electron chi connectivity index (χ2n) is 5.03. The highest BCUT2D eigenvalue weighted by Gasteiger charge is 2.38. The molecule has 0 saturated heterocycles. The van der Waals surface area contributed by atoms with Crippen LogP contribution in [-0.2, 0) is 4.79 Å². The highest BCUT2D eigenvalue weighted by molar-refractivity contribution is 5.90. The molecule has 1 saturated carbocycles. The van der Waals surface area contributed by atoms with Crippen LogP contribution in [0.3, 0.4) is 0 Å². The lowest BCUT2D eigenvalue weighted by atomic mass is 10.0. The number of carbonyl (C=O) groups is 1. The monoisotopic (exact) mass is 249 g/mol. The second-order valence-corrected chi connectivity index (χ2v) is 5.03. The van der Waals surface area contributed by atoms with E-state index in [4.69, 9.17) is 4.74 Å². The zero-order chi connectivity index (χ0) is 13.2. The molecule has 18 heavy (non-hydrogen) atoms. The van der Waals surface area contributed by atoms with Gasteiger partial charge in [0.15, 0.2) is 0 Å². The molecule has 0 bridgehead atoms. The summed E-state index contributed by atoms with van der Waals surface area (Å²) < 4.78 is 5.86. The van der Waals surface area contributed by atoms with Crippen LogP contribution in [-0.4, -0.2) is 22.7 Å². The Labute approximate surface area is 107 Å². The number of hydrogen-bond donors (Lipinski definition) is 2. The summed E-state index contributed by atoms with van der Waals surface area (Å²) in [5, 5.41) is 12.9. The minimum Gasteiger partial charge on any atom is -0.485 e. The number of amides is 1. The van der Waals surface area contributed by atoms with Crippen molar-refractivity contribution in [2.75, 3.05) is 5.32 Å². The molecule has 2 atom stereocenters. The molecule has 1 aliphatic rings. The Morgan fingerprint density at radius 2 is 2.22 bits per heavy atom. The van der Waals surface area contributed by atoms with Gasteiger partial charge in [0.05, 0.1) is 11.3 Å². The number of nitrogens with one attached hydrogen (secondary N) is 1. The molecule has 1 aliphatic carbocycles. The average molecular weight is 249 g/mol. The number of aliphatic hydroxyl groups is 1. The maximum absolute atomic E-state index is 11.1. The normalized spacial score (nSPS) is 26.9. The number of carbonyl (C=O) groups excluding carboxylic acids is 1. The van der Waals surface area contributed by atoms with Gasteiger partial charge in [-0.15, -0.1) is 0 Å². The molecular weight excluding hydrogens is 230 g/mol. The summed E-state index contributed by atoms with van der Waals surface area (Å²) in [6.45, 7) is 3.26. The Morgan fingerprint density at radius 3 is 2.83 bits per heavy atom. The molecule has 0 heterocycles. The molecule has 0 aliphatic heterocycles. The minimum absolute atomic E-state index is 0.135. The van der Waals surface area contributed by atoms with Crippen LogP contribution in [0, 0.1) is 0 Å².